The van der Waals surface area contributed by atoms with Gasteiger partial charge >= 0.3 is 5.97 Å². The highest BCUT2D eigenvalue weighted by atomic mass is 32.1. The molecule has 1 fully saturated rings. The summed E-state index contributed by atoms with van der Waals surface area (Å²) in [5, 5.41) is 3.09. The first-order valence-corrected chi connectivity index (χ1v) is 10.7. The molecule has 0 bridgehead atoms. The van der Waals surface area contributed by atoms with Crippen molar-refractivity contribution >= 4 is 40.8 Å². The minimum Gasteiger partial charge on any atom is -0.462 e. The van der Waals surface area contributed by atoms with Gasteiger partial charge in [0.1, 0.15) is 11.9 Å². The van der Waals surface area contributed by atoms with Crippen LogP contribution in [0.1, 0.15) is 36.2 Å². The number of benzene rings is 2. The molecular formula is C23H24FN3O4S. The average Bonchev–Trinajstić information content (AvgIpc) is 2.99. The maximum atomic E-state index is 13.2. The second-order valence-electron chi connectivity index (χ2n) is 7.19. The Labute approximate surface area is 191 Å². The van der Waals surface area contributed by atoms with E-state index in [2.05, 4.69) is 5.32 Å². The van der Waals surface area contributed by atoms with Crippen LogP contribution in [0.4, 0.5) is 10.1 Å². The van der Waals surface area contributed by atoms with Crippen LogP contribution in [0.15, 0.2) is 48.5 Å². The third kappa shape index (κ3) is 5.28. The van der Waals surface area contributed by atoms with Gasteiger partial charge in [-0.2, -0.15) is 0 Å². The van der Waals surface area contributed by atoms with Crippen molar-refractivity contribution in [1.29, 1.82) is 0 Å². The molecule has 1 heterocycles. The fourth-order valence-corrected chi connectivity index (χ4v) is 3.85. The normalized spacial score (nSPS) is 15.8. The molecule has 1 N–H and O–H groups in total. The summed E-state index contributed by atoms with van der Waals surface area (Å²) >= 11 is 5.46. The van der Waals surface area contributed by atoms with Crippen LogP contribution in [0.5, 0.6) is 0 Å². The lowest BCUT2D eigenvalue weighted by Gasteiger charge is -2.24. The highest BCUT2D eigenvalue weighted by Gasteiger charge is 2.42. The van der Waals surface area contributed by atoms with E-state index in [1.54, 1.807) is 48.2 Å². The van der Waals surface area contributed by atoms with Crippen LogP contribution in [-0.4, -0.2) is 51.9 Å². The number of hydrogen-bond donors (Lipinski definition) is 1. The lowest BCUT2D eigenvalue weighted by molar-refractivity contribution is -0.130. The molecule has 2 aromatic rings. The zero-order valence-corrected chi connectivity index (χ0v) is 18.7. The fraction of sp³-hybridized carbons (Fsp3) is 0.304. The largest absolute Gasteiger partial charge is 0.462 e. The van der Waals surface area contributed by atoms with E-state index < -0.39 is 12.0 Å². The van der Waals surface area contributed by atoms with E-state index in [-0.39, 0.29) is 37.2 Å². The van der Waals surface area contributed by atoms with Crippen molar-refractivity contribution in [2.45, 2.75) is 32.9 Å². The summed E-state index contributed by atoms with van der Waals surface area (Å²) in [6.45, 7) is 4.49. The Kier molecular flexibility index (Phi) is 7.53. The first-order valence-electron chi connectivity index (χ1n) is 10.3. The summed E-state index contributed by atoms with van der Waals surface area (Å²) in [6, 6.07) is 11.5. The molecular weight excluding hydrogens is 433 g/mol. The number of carbonyl (C=O) groups excluding carboxylic acids is 3. The van der Waals surface area contributed by atoms with Crippen LogP contribution in [0.2, 0.25) is 0 Å². The van der Waals surface area contributed by atoms with Crippen molar-refractivity contribution < 1.29 is 23.5 Å². The third-order valence-corrected chi connectivity index (χ3v) is 5.50. The predicted molar refractivity (Wildman–Crippen MR) is 121 cm³/mol. The number of esters is 1. The van der Waals surface area contributed by atoms with Crippen molar-refractivity contribution in [3.63, 3.8) is 0 Å². The van der Waals surface area contributed by atoms with E-state index in [9.17, 15) is 18.8 Å². The molecule has 9 heteroatoms. The fourth-order valence-electron chi connectivity index (χ4n) is 3.44. The highest BCUT2D eigenvalue weighted by Crippen LogP contribution is 2.24. The summed E-state index contributed by atoms with van der Waals surface area (Å²) in [6.07, 6.45) is -0.101. The molecule has 1 atom stereocenters. The van der Waals surface area contributed by atoms with Crippen molar-refractivity contribution in [2.75, 3.05) is 18.5 Å². The quantitative estimate of drug-likeness (QED) is 0.484. The van der Waals surface area contributed by atoms with Gasteiger partial charge in [-0.1, -0.05) is 12.1 Å². The molecule has 1 unspecified atom stereocenters. The van der Waals surface area contributed by atoms with Crippen LogP contribution >= 0.6 is 12.2 Å². The first kappa shape index (κ1) is 23.3. The number of anilines is 1. The van der Waals surface area contributed by atoms with Crippen LogP contribution in [0, 0.1) is 5.82 Å². The number of hydrogen-bond acceptors (Lipinski definition) is 5. The van der Waals surface area contributed by atoms with Crippen molar-refractivity contribution in [3.8, 4) is 0 Å². The van der Waals surface area contributed by atoms with Gasteiger partial charge < -0.3 is 15.0 Å². The topological polar surface area (TPSA) is 78.9 Å². The minimum absolute atomic E-state index is 0.101. The van der Waals surface area contributed by atoms with E-state index in [0.717, 1.165) is 5.56 Å². The van der Waals surface area contributed by atoms with E-state index in [1.807, 2.05) is 6.92 Å². The number of ether oxygens (including phenoxy) is 1. The van der Waals surface area contributed by atoms with Crippen molar-refractivity contribution in [3.05, 3.63) is 65.5 Å². The number of likely N-dealkylation sites (N-methyl/N-ethyl adjacent to an activating group) is 1. The molecule has 0 spiro atoms. The lowest BCUT2D eigenvalue weighted by Crippen LogP contribution is -2.37. The maximum Gasteiger partial charge on any atom is 0.338 e. The average molecular weight is 458 g/mol. The Morgan fingerprint density at radius 2 is 1.75 bits per heavy atom. The van der Waals surface area contributed by atoms with Gasteiger partial charge in [0, 0.05) is 18.8 Å². The monoisotopic (exact) mass is 457 g/mol. The highest BCUT2D eigenvalue weighted by molar-refractivity contribution is 7.80. The number of halogens is 1. The number of thiocarbonyl (C=S) groups is 1. The molecule has 0 radical (unpaired) electrons. The number of rotatable bonds is 8. The smallest absolute Gasteiger partial charge is 0.338 e. The second kappa shape index (κ2) is 10.3. The summed E-state index contributed by atoms with van der Waals surface area (Å²) < 4.78 is 18.2. The van der Waals surface area contributed by atoms with Gasteiger partial charge in [0.2, 0.25) is 5.91 Å². The SMILES string of the molecule is CCOC(=O)c1ccc(NC(=O)CC2C(=O)N(CC)C(=S)N2Cc2ccc(F)cc2)cc1. The molecule has 0 saturated carbocycles. The molecule has 3 rings (SSSR count). The van der Waals surface area contributed by atoms with Crippen molar-refractivity contribution in [1.82, 2.24) is 9.80 Å². The van der Waals surface area contributed by atoms with Gasteiger partial charge in [0.15, 0.2) is 5.11 Å². The Morgan fingerprint density at radius 3 is 2.34 bits per heavy atom. The molecule has 1 aliphatic rings. The molecule has 7 nitrogen and oxygen atoms in total. The zero-order chi connectivity index (χ0) is 23.3. The number of nitrogens with zero attached hydrogens (tertiary/aromatic N) is 2. The van der Waals surface area contributed by atoms with Crippen LogP contribution in [0.25, 0.3) is 0 Å². The molecule has 32 heavy (non-hydrogen) atoms. The summed E-state index contributed by atoms with van der Waals surface area (Å²) in [5.41, 5.74) is 1.65. The number of amides is 2. The summed E-state index contributed by atoms with van der Waals surface area (Å²) in [7, 11) is 0. The van der Waals surface area contributed by atoms with E-state index in [1.165, 1.54) is 17.0 Å². The van der Waals surface area contributed by atoms with Gasteiger partial charge in [0.25, 0.3) is 5.91 Å². The lowest BCUT2D eigenvalue weighted by atomic mass is 10.1. The van der Waals surface area contributed by atoms with Gasteiger partial charge in [-0.25, -0.2) is 9.18 Å². The summed E-state index contributed by atoms with van der Waals surface area (Å²) in [4.78, 5) is 40.5. The molecule has 1 saturated heterocycles. The van der Waals surface area contributed by atoms with Crippen LogP contribution in [0.3, 0.4) is 0 Å². The Bertz CT molecular complexity index is 1010. The standard InChI is InChI=1S/C23H24FN3O4S/c1-3-26-21(29)19(27(23(26)32)14-15-5-9-17(24)10-6-15)13-20(28)25-18-11-7-16(8-12-18)22(30)31-4-2/h5-12,19H,3-4,13-14H2,1-2H3,(H,25,28). The molecule has 0 aromatic heterocycles. The third-order valence-electron chi connectivity index (χ3n) is 5.04. The zero-order valence-electron chi connectivity index (χ0n) is 17.8. The minimum atomic E-state index is -0.758. The summed E-state index contributed by atoms with van der Waals surface area (Å²) in [5.74, 6) is -1.40. The molecule has 168 valence electrons. The Morgan fingerprint density at radius 1 is 1.09 bits per heavy atom. The maximum absolute atomic E-state index is 13.2. The van der Waals surface area contributed by atoms with Crippen LogP contribution < -0.4 is 5.32 Å². The van der Waals surface area contributed by atoms with E-state index in [0.29, 0.717) is 22.9 Å². The predicted octanol–water partition coefficient (Wildman–Crippen LogP) is 3.35. The molecule has 2 aromatic carbocycles. The molecule has 1 aliphatic heterocycles. The first-order chi connectivity index (χ1) is 15.3. The van der Waals surface area contributed by atoms with Gasteiger partial charge in [-0.15, -0.1) is 0 Å². The van der Waals surface area contributed by atoms with Gasteiger partial charge in [0.05, 0.1) is 18.6 Å². The molecule has 2 amide bonds. The van der Waals surface area contributed by atoms with Gasteiger partial charge in [-0.05, 0) is 68.0 Å². The van der Waals surface area contributed by atoms with E-state index >= 15 is 0 Å². The number of nitrogens with one attached hydrogen (secondary N) is 1. The van der Waals surface area contributed by atoms with Crippen molar-refractivity contribution in [2.24, 2.45) is 0 Å². The molecule has 0 aliphatic carbocycles. The Balaban J connectivity index is 1.70. The Hall–Kier alpha value is -3.33. The van der Waals surface area contributed by atoms with E-state index in [4.69, 9.17) is 17.0 Å². The number of carbonyl (C=O) groups is 3. The van der Waals surface area contributed by atoms with Gasteiger partial charge in [-0.3, -0.25) is 14.5 Å². The van der Waals surface area contributed by atoms with Crippen LogP contribution in [-0.2, 0) is 20.9 Å². The second-order valence-corrected chi connectivity index (χ2v) is 7.55.